The van der Waals surface area contributed by atoms with Crippen molar-refractivity contribution in [2.24, 2.45) is 0 Å². The molecule has 0 saturated heterocycles. The van der Waals surface area contributed by atoms with Gasteiger partial charge >= 0.3 is 0 Å². The van der Waals surface area contributed by atoms with Crippen LogP contribution < -0.4 is 5.56 Å². The molecule has 3 heterocycles. The number of nitrogens with zero attached hydrogens (tertiary/aromatic N) is 2. The van der Waals surface area contributed by atoms with Gasteiger partial charge in [-0.1, -0.05) is 0 Å². The molecule has 0 saturated carbocycles. The van der Waals surface area contributed by atoms with Crippen LogP contribution in [-0.4, -0.2) is 9.97 Å². The molecule has 0 radical (unpaired) electrons. The Kier molecular flexibility index (Phi) is 1.56. The van der Waals surface area contributed by atoms with Gasteiger partial charge in [0.05, 0.1) is 17.2 Å². The first-order valence-electron chi connectivity index (χ1n) is 4.48. The topological polar surface area (TPSA) is 56.0 Å². The molecule has 15 heavy (non-hydrogen) atoms. The second kappa shape index (κ2) is 2.88. The summed E-state index contributed by atoms with van der Waals surface area (Å²) < 4.78 is 5.33. The van der Waals surface area contributed by atoms with Crippen LogP contribution in [0.3, 0.4) is 0 Å². The van der Waals surface area contributed by atoms with E-state index in [1.165, 1.54) is 6.26 Å². The van der Waals surface area contributed by atoms with Gasteiger partial charge in [0.1, 0.15) is 5.76 Å². The van der Waals surface area contributed by atoms with Gasteiger partial charge in [-0.05, 0) is 24.3 Å². The van der Waals surface area contributed by atoms with Crippen LogP contribution in [0.5, 0.6) is 0 Å². The third-order valence-electron chi connectivity index (χ3n) is 2.24. The summed E-state index contributed by atoms with van der Waals surface area (Å²) in [5, 5.41) is 0.757. The highest BCUT2D eigenvalue weighted by Gasteiger charge is 2.13. The molecule has 4 nitrogen and oxygen atoms in total. The van der Waals surface area contributed by atoms with E-state index < -0.39 is 0 Å². The van der Waals surface area contributed by atoms with E-state index in [0.29, 0.717) is 17.0 Å². The fourth-order valence-electron chi connectivity index (χ4n) is 1.58. The highest BCUT2D eigenvalue weighted by Crippen LogP contribution is 2.24. The third kappa shape index (κ3) is 1.11. The zero-order valence-electron chi connectivity index (χ0n) is 7.68. The molecule has 0 bridgehead atoms. The lowest BCUT2D eigenvalue weighted by atomic mass is 10.1. The molecule has 0 N–H and O–H groups in total. The minimum Gasteiger partial charge on any atom is -0.463 e. The second-order valence-electron chi connectivity index (χ2n) is 3.15. The van der Waals surface area contributed by atoms with E-state index in [2.05, 4.69) is 9.97 Å². The number of hydrogen-bond donors (Lipinski definition) is 0. The van der Waals surface area contributed by atoms with Gasteiger partial charge in [-0.2, -0.15) is 4.98 Å². The lowest BCUT2D eigenvalue weighted by Gasteiger charge is -2.04. The van der Waals surface area contributed by atoms with Crippen molar-refractivity contribution in [2.75, 3.05) is 0 Å². The van der Waals surface area contributed by atoms with E-state index in [1.807, 2.05) is 6.07 Å². The van der Waals surface area contributed by atoms with E-state index in [4.69, 9.17) is 4.42 Å². The van der Waals surface area contributed by atoms with E-state index in [1.54, 1.807) is 24.4 Å². The summed E-state index contributed by atoms with van der Waals surface area (Å²) in [4.78, 5) is 19.5. The van der Waals surface area contributed by atoms with Gasteiger partial charge < -0.3 is 4.42 Å². The molecule has 72 valence electrons. The fourth-order valence-corrected chi connectivity index (χ4v) is 1.58. The zero-order valence-corrected chi connectivity index (χ0v) is 7.68. The standard InChI is InChI=1S/C11H6N2O2/c14-11-8-4-2-6-15-9(8)7-3-1-5-12-10(7)13-11/h1-6H. The van der Waals surface area contributed by atoms with Gasteiger partial charge in [0.25, 0.3) is 5.56 Å². The van der Waals surface area contributed by atoms with Gasteiger partial charge in [-0.3, -0.25) is 4.79 Å². The maximum Gasteiger partial charge on any atom is 0.282 e. The Morgan fingerprint density at radius 3 is 3.07 bits per heavy atom. The van der Waals surface area contributed by atoms with Gasteiger partial charge in [0.2, 0.25) is 0 Å². The van der Waals surface area contributed by atoms with Crippen LogP contribution in [-0.2, 0) is 0 Å². The summed E-state index contributed by atoms with van der Waals surface area (Å²) in [5.74, 6) is 0.542. The van der Waals surface area contributed by atoms with Gasteiger partial charge in [-0.15, -0.1) is 0 Å². The predicted molar refractivity (Wildman–Crippen MR) is 54.7 cm³/mol. The number of aromatic nitrogens is 2. The van der Waals surface area contributed by atoms with Crippen LogP contribution in [0.1, 0.15) is 0 Å². The van der Waals surface area contributed by atoms with Crippen molar-refractivity contribution in [3.63, 3.8) is 0 Å². The van der Waals surface area contributed by atoms with Gasteiger partial charge in [-0.25, -0.2) is 4.98 Å². The van der Waals surface area contributed by atoms with Crippen LogP contribution in [0.2, 0.25) is 0 Å². The fraction of sp³-hybridized carbons (Fsp3) is 0. The van der Waals surface area contributed by atoms with Crippen molar-refractivity contribution in [3.05, 3.63) is 47.1 Å². The predicted octanol–water partition coefficient (Wildman–Crippen LogP) is 1.69. The molecule has 0 aromatic carbocycles. The van der Waals surface area contributed by atoms with Crippen molar-refractivity contribution in [1.82, 2.24) is 9.97 Å². The molecule has 1 aromatic rings. The van der Waals surface area contributed by atoms with E-state index in [-0.39, 0.29) is 5.56 Å². The maximum atomic E-state index is 11.6. The molecule has 0 amide bonds. The number of fused-ring (bicyclic) bond motifs is 3. The first-order chi connectivity index (χ1) is 7.36. The largest absolute Gasteiger partial charge is 0.463 e. The van der Waals surface area contributed by atoms with Crippen molar-refractivity contribution in [1.29, 1.82) is 0 Å². The minimum absolute atomic E-state index is 0.305. The van der Waals surface area contributed by atoms with Crippen molar-refractivity contribution in [2.45, 2.75) is 0 Å². The number of pyridine rings is 2. The molecule has 0 spiro atoms. The molecule has 4 heteroatoms. The summed E-state index contributed by atoms with van der Waals surface area (Å²) in [5.41, 5.74) is 0.600. The van der Waals surface area contributed by atoms with Crippen molar-refractivity contribution in [3.8, 4) is 11.3 Å². The lowest BCUT2D eigenvalue weighted by Crippen LogP contribution is -2.10. The Labute approximate surface area is 84.6 Å². The van der Waals surface area contributed by atoms with Crippen molar-refractivity contribution < 1.29 is 4.42 Å². The monoisotopic (exact) mass is 198 g/mol. The average molecular weight is 198 g/mol. The van der Waals surface area contributed by atoms with Crippen molar-refractivity contribution >= 4 is 11.0 Å². The quantitative estimate of drug-likeness (QED) is 0.516. The van der Waals surface area contributed by atoms with Crippen LogP contribution in [0.25, 0.3) is 22.4 Å². The third-order valence-corrected chi connectivity index (χ3v) is 2.24. The summed E-state index contributed by atoms with van der Waals surface area (Å²) in [7, 11) is 0. The zero-order chi connectivity index (χ0) is 10.3. The molecular weight excluding hydrogens is 192 g/mol. The molecule has 0 fully saturated rings. The first-order valence-corrected chi connectivity index (χ1v) is 4.48. The van der Waals surface area contributed by atoms with E-state index >= 15 is 0 Å². The lowest BCUT2D eigenvalue weighted by molar-refractivity contribution is 0.568. The van der Waals surface area contributed by atoms with E-state index in [0.717, 1.165) is 5.39 Å². The Morgan fingerprint density at radius 1 is 1.20 bits per heavy atom. The molecule has 3 rings (SSSR count). The molecule has 0 unspecified atom stereocenters. The average Bonchev–Trinajstić information content (AvgIpc) is 2.30. The highest BCUT2D eigenvalue weighted by molar-refractivity contribution is 5.89. The highest BCUT2D eigenvalue weighted by atomic mass is 16.3. The molecule has 1 aromatic heterocycles. The molecular formula is C11H6N2O2. The van der Waals surface area contributed by atoms with Crippen LogP contribution in [0.15, 0.2) is 45.9 Å². The molecule has 2 aliphatic rings. The Morgan fingerprint density at radius 2 is 2.13 bits per heavy atom. The number of hydrogen-bond acceptors (Lipinski definition) is 4. The minimum atomic E-state index is -0.305. The summed E-state index contributed by atoms with van der Waals surface area (Å²) in [6.07, 6.45) is 3.14. The SMILES string of the molecule is O=c1nc2ncccc2c2occcc1-2. The summed E-state index contributed by atoms with van der Waals surface area (Å²) >= 11 is 0. The maximum absolute atomic E-state index is 11.6. The summed E-state index contributed by atoms with van der Waals surface area (Å²) in [6, 6.07) is 6.99. The van der Waals surface area contributed by atoms with Crippen LogP contribution in [0.4, 0.5) is 0 Å². The summed E-state index contributed by atoms with van der Waals surface area (Å²) in [6.45, 7) is 0. The smallest absolute Gasteiger partial charge is 0.282 e. The Hall–Kier alpha value is -2.23. The first kappa shape index (κ1) is 8.11. The van der Waals surface area contributed by atoms with E-state index in [9.17, 15) is 4.79 Å². The Bertz CT molecular complexity index is 660. The van der Waals surface area contributed by atoms with Crippen LogP contribution >= 0.6 is 0 Å². The van der Waals surface area contributed by atoms with Gasteiger partial charge in [0, 0.05) is 6.20 Å². The molecule has 0 aliphatic carbocycles. The molecule has 2 aliphatic heterocycles. The van der Waals surface area contributed by atoms with Crippen LogP contribution in [0, 0.1) is 0 Å². The Balaban J connectivity index is 2.63. The molecule has 0 atom stereocenters. The normalized spacial score (nSPS) is 10.9. The second-order valence-corrected chi connectivity index (χ2v) is 3.15. The van der Waals surface area contributed by atoms with Gasteiger partial charge in [0.15, 0.2) is 5.65 Å². The number of rotatable bonds is 0.